The van der Waals surface area contributed by atoms with Crippen molar-refractivity contribution >= 4 is 22.4 Å². The highest BCUT2D eigenvalue weighted by Crippen LogP contribution is 2.26. The molecule has 4 aromatic rings. The van der Waals surface area contributed by atoms with Gasteiger partial charge in [-0.3, -0.25) is 14.7 Å². The van der Waals surface area contributed by atoms with E-state index < -0.39 is 4.92 Å². The summed E-state index contributed by atoms with van der Waals surface area (Å²) < 4.78 is 2.19. The number of rotatable bonds is 8. The summed E-state index contributed by atoms with van der Waals surface area (Å²) in [6.07, 6.45) is 7.41. The molecule has 1 atom stereocenters. The van der Waals surface area contributed by atoms with Crippen molar-refractivity contribution in [2.24, 2.45) is 0 Å². The lowest BCUT2D eigenvalue weighted by Gasteiger charge is -2.40. The molecule has 1 aliphatic heterocycles. The molecule has 5 rings (SSSR count). The molecule has 3 aromatic heterocycles. The second-order valence-corrected chi connectivity index (χ2v) is 10.6. The van der Waals surface area contributed by atoms with Crippen LogP contribution in [0.3, 0.4) is 0 Å². The zero-order chi connectivity index (χ0) is 27.5. The van der Waals surface area contributed by atoms with Crippen LogP contribution in [0.1, 0.15) is 49.6 Å². The van der Waals surface area contributed by atoms with E-state index in [-0.39, 0.29) is 23.3 Å². The van der Waals surface area contributed by atoms with Gasteiger partial charge >= 0.3 is 5.82 Å². The van der Waals surface area contributed by atoms with Crippen molar-refractivity contribution < 1.29 is 4.92 Å². The largest absolute Gasteiger partial charge is 0.367 e. The van der Waals surface area contributed by atoms with E-state index in [1.54, 1.807) is 12.3 Å². The average Bonchev–Trinajstić information content (AvgIpc) is 2.94. The summed E-state index contributed by atoms with van der Waals surface area (Å²) in [6, 6.07) is 15.6. The van der Waals surface area contributed by atoms with Crippen LogP contribution in [0.4, 0.5) is 11.5 Å². The Bertz CT molecular complexity index is 1530. The first-order valence-electron chi connectivity index (χ1n) is 13.4. The Kier molecular flexibility index (Phi) is 7.70. The highest BCUT2D eigenvalue weighted by molar-refractivity contribution is 5.79. The van der Waals surface area contributed by atoms with E-state index in [2.05, 4.69) is 44.2 Å². The zero-order valence-electron chi connectivity index (χ0n) is 22.7. The van der Waals surface area contributed by atoms with E-state index in [4.69, 9.17) is 0 Å². The van der Waals surface area contributed by atoms with Crippen LogP contribution < -0.4 is 10.3 Å². The average molecular weight is 527 g/mol. The van der Waals surface area contributed by atoms with Crippen LogP contribution >= 0.6 is 0 Å². The molecule has 0 N–H and O–H groups in total. The fourth-order valence-electron chi connectivity index (χ4n) is 5.53. The molecular formula is C30H34N6O3. The van der Waals surface area contributed by atoms with Crippen LogP contribution in [0, 0.1) is 17.0 Å². The minimum absolute atomic E-state index is 0.0747. The molecule has 4 heterocycles. The van der Waals surface area contributed by atoms with Crippen LogP contribution in [-0.4, -0.2) is 43.5 Å². The van der Waals surface area contributed by atoms with E-state index in [1.165, 1.54) is 6.07 Å². The number of para-hydroxylation sites is 1. The first-order valence-corrected chi connectivity index (χ1v) is 13.4. The second-order valence-electron chi connectivity index (χ2n) is 10.6. The van der Waals surface area contributed by atoms with Crippen LogP contribution in [0.15, 0.2) is 71.9 Å². The third kappa shape index (κ3) is 5.83. The number of aryl methyl sites for hydroxylation is 1. The lowest BCUT2D eigenvalue weighted by atomic mass is 10.0. The Morgan fingerprint density at radius 1 is 1.13 bits per heavy atom. The Hall–Kier alpha value is -4.11. The molecular weight excluding hydrogens is 492 g/mol. The van der Waals surface area contributed by atoms with Crippen LogP contribution in [0.2, 0.25) is 0 Å². The van der Waals surface area contributed by atoms with E-state index in [0.717, 1.165) is 59.3 Å². The predicted octanol–water partition coefficient (Wildman–Crippen LogP) is 5.26. The topological polar surface area (TPSA) is 97.4 Å². The van der Waals surface area contributed by atoms with Crippen molar-refractivity contribution in [2.45, 2.75) is 58.8 Å². The number of pyridine rings is 3. The number of hydrogen-bond acceptors (Lipinski definition) is 7. The van der Waals surface area contributed by atoms with Crippen molar-refractivity contribution in [3.63, 3.8) is 0 Å². The molecule has 1 aliphatic rings. The molecule has 9 nitrogen and oxygen atoms in total. The van der Waals surface area contributed by atoms with Gasteiger partial charge in [-0.15, -0.1) is 0 Å². The lowest BCUT2D eigenvalue weighted by molar-refractivity contribution is -0.389. The summed E-state index contributed by atoms with van der Waals surface area (Å²) in [5.41, 5.74) is 4.79. The number of nitro groups is 1. The first kappa shape index (κ1) is 26.5. The Morgan fingerprint density at radius 2 is 1.95 bits per heavy atom. The number of hydrogen-bond donors (Lipinski definition) is 0. The van der Waals surface area contributed by atoms with Crippen molar-refractivity contribution in [2.75, 3.05) is 18.0 Å². The SMILES string of the molecule is Cc1cc(CN(Cc2cn(C(C)C)c3ccccc3c2=O)[C@H]2CCCN(c3ccc([N+](=O)[O-])nc3)C2)ccn1. The van der Waals surface area contributed by atoms with E-state index in [0.29, 0.717) is 13.1 Å². The van der Waals surface area contributed by atoms with Crippen molar-refractivity contribution in [3.05, 3.63) is 104 Å². The van der Waals surface area contributed by atoms with E-state index in [9.17, 15) is 14.9 Å². The molecule has 202 valence electrons. The van der Waals surface area contributed by atoms with Crippen LogP contribution in [0.5, 0.6) is 0 Å². The van der Waals surface area contributed by atoms with Crippen molar-refractivity contribution in [1.29, 1.82) is 0 Å². The Morgan fingerprint density at radius 3 is 2.67 bits per heavy atom. The van der Waals surface area contributed by atoms with Gasteiger partial charge in [0.25, 0.3) is 0 Å². The molecule has 0 amide bonds. The van der Waals surface area contributed by atoms with Gasteiger partial charge in [0.2, 0.25) is 0 Å². The maximum Gasteiger partial charge on any atom is 0.363 e. The van der Waals surface area contributed by atoms with E-state index in [1.807, 2.05) is 49.6 Å². The van der Waals surface area contributed by atoms with Gasteiger partial charge in [0.1, 0.15) is 0 Å². The summed E-state index contributed by atoms with van der Waals surface area (Å²) in [5.74, 6) is -0.153. The van der Waals surface area contributed by atoms with Gasteiger partial charge in [-0.05, 0) is 79.4 Å². The van der Waals surface area contributed by atoms with Gasteiger partial charge in [0.05, 0.1) is 11.2 Å². The van der Waals surface area contributed by atoms with Gasteiger partial charge in [-0.1, -0.05) is 12.1 Å². The first-order chi connectivity index (χ1) is 18.8. The summed E-state index contributed by atoms with van der Waals surface area (Å²) in [6.45, 7) is 9.07. The predicted molar refractivity (Wildman–Crippen MR) is 153 cm³/mol. The molecule has 0 spiro atoms. The highest BCUT2D eigenvalue weighted by atomic mass is 16.6. The summed E-state index contributed by atoms with van der Waals surface area (Å²) in [4.78, 5) is 37.3. The lowest BCUT2D eigenvalue weighted by Crippen LogP contribution is -2.48. The monoisotopic (exact) mass is 526 g/mol. The number of fused-ring (bicyclic) bond motifs is 1. The molecule has 0 unspecified atom stereocenters. The molecule has 9 heteroatoms. The van der Waals surface area contributed by atoms with E-state index >= 15 is 0 Å². The normalized spacial score (nSPS) is 15.8. The van der Waals surface area contributed by atoms with Crippen molar-refractivity contribution in [1.82, 2.24) is 19.4 Å². The highest BCUT2D eigenvalue weighted by Gasteiger charge is 2.28. The Balaban J connectivity index is 1.49. The van der Waals surface area contributed by atoms with Gasteiger partial charge in [-0.25, -0.2) is 0 Å². The molecule has 39 heavy (non-hydrogen) atoms. The van der Waals surface area contributed by atoms with Gasteiger partial charge in [0.15, 0.2) is 11.6 Å². The number of piperidine rings is 1. The smallest absolute Gasteiger partial charge is 0.363 e. The van der Waals surface area contributed by atoms with Gasteiger partial charge in [-0.2, -0.15) is 0 Å². The fourth-order valence-corrected chi connectivity index (χ4v) is 5.53. The zero-order valence-corrected chi connectivity index (χ0v) is 22.7. The molecule has 0 aliphatic carbocycles. The minimum Gasteiger partial charge on any atom is -0.367 e. The molecule has 0 radical (unpaired) electrons. The quantitative estimate of drug-likeness (QED) is 0.228. The third-order valence-corrected chi connectivity index (χ3v) is 7.49. The standard InChI is InChI=1S/C30H34N6O3/c1-21(2)35-19-24(30(37)27-8-4-5-9-28(27)35)18-34(17-23-12-13-31-22(3)15-23)26-7-6-14-33(20-26)25-10-11-29(32-16-25)36(38)39/h4-5,8-13,15-16,19,21,26H,6-7,14,17-18,20H2,1-3H3/t26-/m0/s1. The molecule has 1 saturated heterocycles. The fraction of sp³-hybridized carbons (Fsp3) is 0.367. The summed E-state index contributed by atoms with van der Waals surface area (Å²) in [7, 11) is 0. The maximum absolute atomic E-state index is 13.7. The van der Waals surface area contributed by atoms with Gasteiger partial charge < -0.3 is 19.6 Å². The second kappa shape index (κ2) is 11.3. The Labute approximate surface area is 227 Å². The van der Waals surface area contributed by atoms with Crippen LogP contribution in [0.25, 0.3) is 10.9 Å². The number of benzene rings is 1. The minimum atomic E-state index is -0.477. The molecule has 1 aromatic carbocycles. The van der Waals surface area contributed by atoms with Crippen molar-refractivity contribution in [3.8, 4) is 0 Å². The number of aromatic nitrogens is 3. The van der Waals surface area contributed by atoms with Gasteiger partial charge in [0, 0.05) is 73.4 Å². The maximum atomic E-state index is 13.7. The summed E-state index contributed by atoms with van der Waals surface area (Å²) >= 11 is 0. The van der Waals surface area contributed by atoms with Crippen LogP contribution in [-0.2, 0) is 13.1 Å². The molecule has 0 saturated carbocycles. The third-order valence-electron chi connectivity index (χ3n) is 7.49. The molecule has 0 bridgehead atoms. The number of anilines is 1. The molecule has 1 fully saturated rings. The summed E-state index contributed by atoms with van der Waals surface area (Å²) in [5, 5.41) is 11.8. The number of nitrogens with zero attached hydrogens (tertiary/aromatic N) is 6.